The number of carbonyl (C=O) groups excluding carboxylic acids is 1. The molecule has 0 aromatic heterocycles. The lowest BCUT2D eigenvalue weighted by Crippen LogP contribution is -2.08. The van der Waals surface area contributed by atoms with E-state index in [1.807, 2.05) is 11.8 Å². The van der Waals surface area contributed by atoms with Gasteiger partial charge in [0.15, 0.2) is 0 Å². The predicted molar refractivity (Wildman–Crippen MR) is 48.8 cm³/mol. The van der Waals surface area contributed by atoms with Gasteiger partial charge in [0.2, 0.25) is 0 Å². The SMILES string of the molecule is CCCSC(C)CC(=O)OC. The minimum Gasteiger partial charge on any atom is -0.469 e. The molecule has 0 aromatic carbocycles. The number of hydrogen-bond acceptors (Lipinski definition) is 3. The number of ether oxygens (including phenoxy) is 1. The third-order valence-electron chi connectivity index (χ3n) is 1.29. The highest BCUT2D eigenvalue weighted by atomic mass is 32.2. The summed E-state index contributed by atoms with van der Waals surface area (Å²) in [6.45, 7) is 4.19. The Kier molecular flexibility index (Phi) is 6.42. The first-order valence-corrected chi connectivity index (χ1v) is 4.94. The maximum absolute atomic E-state index is 10.7. The van der Waals surface area contributed by atoms with Crippen molar-refractivity contribution in [2.24, 2.45) is 0 Å². The molecule has 3 heteroatoms. The average Bonchev–Trinajstić information content (AvgIpc) is 2.00. The summed E-state index contributed by atoms with van der Waals surface area (Å²) in [5.41, 5.74) is 0. The summed E-state index contributed by atoms with van der Waals surface area (Å²) in [7, 11) is 1.43. The molecule has 0 saturated heterocycles. The molecule has 0 bridgehead atoms. The van der Waals surface area contributed by atoms with Gasteiger partial charge in [-0.3, -0.25) is 4.79 Å². The molecule has 0 spiro atoms. The van der Waals surface area contributed by atoms with Crippen LogP contribution in [0.1, 0.15) is 26.7 Å². The van der Waals surface area contributed by atoms with Crippen molar-refractivity contribution in [2.45, 2.75) is 31.9 Å². The maximum Gasteiger partial charge on any atom is 0.306 e. The highest BCUT2D eigenvalue weighted by Crippen LogP contribution is 2.14. The largest absolute Gasteiger partial charge is 0.469 e. The standard InChI is InChI=1S/C8H16O2S/c1-4-5-11-7(2)6-8(9)10-3/h7H,4-6H2,1-3H3. The van der Waals surface area contributed by atoms with E-state index in [0.717, 1.165) is 12.2 Å². The first kappa shape index (κ1) is 10.8. The van der Waals surface area contributed by atoms with E-state index in [-0.39, 0.29) is 5.97 Å². The van der Waals surface area contributed by atoms with Crippen molar-refractivity contribution in [3.63, 3.8) is 0 Å². The van der Waals surface area contributed by atoms with Crippen LogP contribution in [0.5, 0.6) is 0 Å². The minimum absolute atomic E-state index is 0.110. The molecule has 1 atom stereocenters. The zero-order valence-corrected chi connectivity index (χ0v) is 8.24. The summed E-state index contributed by atoms with van der Waals surface area (Å²) in [5.74, 6) is 1.01. The highest BCUT2D eigenvalue weighted by Gasteiger charge is 2.07. The lowest BCUT2D eigenvalue weighted by molar-refractivity contribution is -0.140. The maximum atomic E-state index is 10.7. The molecule has 66 valence electrons. The minimum atomic E-state index is -0.110. The van der Waals surface area contributed by atoms with Crippen molar-refractivity contribution in [1.82, 2.24) is 0 Å². The topological polar surface area (TPSA) is 26.3 Å². The van der Waals surface area contributed by atoms with E-state index in [1.54, 1.807) is 0 Å². The predicted octanol–water partition coefficient (Wildman–Crippen LogP) is 2.08. The summed E-state index contributed by atoms with van der Waals surface area (Å²) < 4.78 is 4.55. The molecule has 0 aliphatic rings. The summed E-state index contributed by atoms with van der Waals surface area (Å²) in [4.78, 5) is 10.7. The van der Waals surface area contributed by atoms with E-state index >= 15 is 0 Å². The molecule has 0 aromatic rings. The quantitative estimate of drug-likeness (QED) is 0.600. The molecule has 0 rings (SSSR count). The first-order chi connectivity index (χ1) is 5.20. The van der Waals surface area contributed by atoms with Crippen LogP contribution in [-0.2, 0) is 9.53 Å². The molecule has 2 nitrogen and oxygen atoms in total. The average molecular weight is 176 g/mol. The van der Waals surface area contributed by atoms with Gasteiger partial charge in [-0.15, -0.1) is 0 Å². The molecule has 0 radical (unpaired) electrons. The molecule has 0 N–H and O–H groups in total. The zero-order chi connectivity index (χ0) is 8.69. The first-order valence-electron chi connectivity index (χ1n) is 3.89. The van der Waals surface area contributed by atoms with Crippen LogP contribution in [0.2, 0.25) is 0 Å². The second-order valence-electron chi connectivity index (χ2n) is 2.46. The summed E-state index contributed by atoms with van der Waals surface area (Å²) in [6, 6.07) is 0. The highest BCUT2D eigenvalue weighted by molar-refractivity contribution is 7.99. The van der Waals surface area contributed by atoms with Crippen molar-refractivity contribution >= 4 is 17.7 Å². The third kappa shape index (κ3) is 6.23. The monoisotopic (exact) mass is 176 g/mol. The molecule has 0 fully saturated rings. The van der Waals surface area contributed by atoms with Crippen LogP contribution in [0.25, 0.3) is 0 Å². The van der Waals surface area contributed by atoms with E-state index < -0.39 is 0 Å². The van der Waals surface area contributed by atoms with Crippen LogP contribution in [0.4, 0.5) is 0 Å². The van der Waals surface area contributed by atoms with Crippen molar-refractivity contribution in [3.05, 3.63) is 0 Å². The molecular formula is C8H16O2S. The number of rotatable bonds is 5. The number of methoxy groups -OCH3 is 1. The lowest BCUT2D eigenvalue weighted by atomic mass is 10.3. The van der Waals surface area contributed by atoms with Gasteiger partial charge in [-0.2, -0.15) is 11.8 Å². The summed E-state index contributed by atoms with van der Waals surface area (Å²) in [6.07, 6.45) is 1.69. The van der Waals surface area contributed by atoms with E-state index in [9.17, 15) is 4.79 Å². The Morgan fingerprint density at radius 1 is 1.64 bits per heavy atom. The molecule has 0 saturated carbocycles. The Labute approximate surface area is 72.7 Å². The molecule has 11 heavy (non-hydrogen) atoms. The van der Waals surface area contributed by atoms with Gasteiger partial charge in [0.05, 0.1) is 13.5 Å². The van der Waals surface area contributed by atoms with Gasteiger partial charge in [0, 0.05) is 5.25 Å². The summed E-state index contributed by atoms with van der Waals surface area (Å²) in [5, 5.41) is 0.391. The number of carbonyl (C=O) groups is 1. The van der Waals surface area contributed by atoms with E-state index in [2.05, 4.69) is 18.6 Å². The fraction of sp³-hybridized carbons (Fsp3) is 0.875. The van der Waals surface area contributed by atoms with Crippen LogP contribution < -0.4 is 0 Å². The second kappa shape index (κ2) is 6.53. The van der Waals surface area contributed by atoms with Gasteiger partial charge in [-0.1, -0.05) is 13.8 Å². The third-order valence-corrected chi connectivity index (χ3v) is 2.67. The number of thioether (sulfide) groups is 1. The van der Waals surface area contributed by atoms with Crippen LogP contribution in [0.15, 0.2) is 0 Å². The van der Waals surface area contributed by atoms with Gasteiger partial charge < -0.3 is 4.74 Å². The van der Waals surface area contributed by atoms with E-state index in [0.29, 0.717) is 11.7 Å². The Hall–Kier alpha value is -0.180. The Morgan fingerprint density at radius 3 is 2.73 bits per heavy atom. The molecule has 0 amide bonds. The van der Waals surface area contributed by atoms with Crippen LogP contribution in [-0.4, -0.2) is 24.1 Å². The molecule has 0 heterocycles. The van der Waals surface area contributed by atoms with Gasteiger partial charge in [-0.25, -0.2) is 0 Å². The molecular weight excluding hydrogens is 160 g/mol. The van der Waals surface area contributed by atoms with E-state index in [1.165, 1.54) is 7.11 Å². The molecule has 1 unspecified atom stereocenters. The van der Waals surface area contributed by atoms with Gasteiger partial charge >= 0.3 is 5.97 Å². The molecule has 0 aliphatic heterocycles. The van der Waals surface area contributed by atoms with Crippen molar-refractivity contribution < 1.29 is 9.53 Å². The van der Waals surface area contributed by atoms with Gasteiger partial charge in [0.25, 0.3) is 0 Å². The van der Waals surface area contributed by atoms with Crippen molar-refractivity contribution in [3.8, 4) is 0 Å². The van der Waals surface area contributed by atoms with Crippen LogP contribution in [0.3, 0.4) is 0 Å². The van der Waals surface area contributed by atoms with Crippen molar-refractivity contribution in [2.75, 3.05) is 12.9 Å². The Balaban J connectivity index is 3.35. The molecule has 0 aliphatic carbocycles. The second-order valence-corrected chi connectivity index (χ2v) is 4.01. The summed E-state index contributed by atoms with van der Waals surface area (Å²) >= 11 is 1.82. The Bertz CT molecular complexity index is 115. The van der Waals surface area contributed by atoms with Crippen LogP contribution in [0, 0.1) is 0 Å². The smallest absolute Gasteiger partial charge is 0.306 e. The van der Waals surface area contributed by atoms with Crippen LogP contribution >= 0.6 is 11.8 Å². The zero-order valence-electron chi connectivity index (χ0n) is 7.42. The van der Waals surface area contributed by atoms with Crippen molar-refractivity contribution in [1.29, 1.82) is 0 Å². The van der Waals surface area contributed by atoms with E-state index in [4.69, 9.17) is 0 Å². The normalized spacial score (nSPS) is 12.6. The van der Waals surface area contributed by atoms with Gasteiger partial charge in [-0.05, 0) is 12.2 Å². The van der Waals surface area contributed by atoms with Gasteiger partial charge in [0.1, 0.15) is 0 Å². The Morgan fingerprint density at radius 2 is 2.27 bits per heavy atom. The fourth-order valence-electron chi connectivity index (χ4n) is 0.696. The fourth-order valence-corrected chi connectivity index (χ4v) is 1.59. The lowest BCUT2D eigenvalue weighted by Gasteiger charge is -2.07. The number of esters is 1. The number of hydrogen-bond donors (Lipinski definition) is 0.